The average molecular weight is 481 g/mol. The predicted octanol–water partition coefficient (Wildman–Crippen LogP) is -4.74. The minimum Gasteiger partial charge on any atom is -0.394 e. The van der Waals surface area contributed by atoms with E-state index in [4.69, 9.17) is 24.7 Å². The molecule has 0 aromatic heterocycles. The molecular weight excluding hydrogens is 446 g/mol. The molecule has 2 rings (SSSR count). The number of aliphatic hydroxyl groups excluding tert-OH is 5. The lowest BCUT2D eigenvalue weighted by Crippen LogP contribution is -2.66. The van der Waals surface area contributed by atoms with Gasteiger partial charge in [-0.1, -0.05) is 0 Å². The highest BCUT2D eigenvalue weighted by Gasteiger charge is 2.48. The number of hydrogen-bond acceptors (Lipinski definition) is 12. The molecule has 0 aromatic carbocycles. The zero-order chi connectivity index (χ0) is 24.7. The van der Waals surface area contributed by atoms with Gasteiger partial charge in [0.15, 0.2) is 12.6 Å². The van der Waals surface area contributed by atoms with E-state index in [0.29, 0.717) is 13.0 Å². The van der Waals surface area contributed by atoms with E-state index in [1.54, 1.807) is 0 Å². The molecular formula is C19H35N3O11. The van der Waals surface area contributed by atoms with E-state index >= 15 is 0 Å². The van der Waals surface area contributed by atoms with Crippen molar-refractivity contribution in [3.8, 4) is 0 Å². The van der Waals surface area contributed by atoms with Gasteiger partial charge in [-0.3, -0.25) is 9.59 Å². The predicted molar refractivity (Wildman–Crippen MR) is 109 cm³/mol. The Morgan fingerprint density at radius 1 is 0.848 bits per heavy atom. The van der Waals surface area contributed by atoms with Crippen LogP contribution in [-0.2, 0) is 28.5 Å². The summed E-state index contributed by atoms with van der Waals surface area (Å²) in [4.78, 5) is 23.1. The first-order valence-electron chi connectivity index (χ1n) is 10.7. The molecule has 0 radical (unpaired) electrons. The van der Waals surface area contributed by atoms with Gasteiger partial charge < -0.3 is 60.8 Å². The summed E-state index contributed by atoms with van der Waals surface area (Å²) in [7, 11) is 0. The van der Waals surface area contributed by atoms with Crippen molar-refractivity contribution >= 4 is 11.8 Å². The third kappa shape index (κ3) is 7.26. The molecule has 2 amide bonds. The van der Waals surface area contributed by atoms with Gasteiger partial charge in [0.2, 0.25) is 11.8 Å². The summed E-state index contributed by atoms with van der Waals surface area (Å²) in [6.45, 7) is 1.95. The number of ether oxygens (including phenoxy) is 4. The van der Waals surface area contributed by atoms with E-state index in [9.17, 15) is 35.1 Å². The molecule has 0 unspecified atom stereocenters. The maximum atomic E-state index is 11.5. The monoisotopic (exact) mass is 481 g/mol. The van der Waals surface area contributed by atoms with Crippen LogP contribution in [0.15, 0.2) is 0 Å². The normalized spacial score (nSPS) is 39.2. The van der Waals surface area contributed by atoms with Crippen LogP contribution in [0.1, 0.15) is 20.3 Å². The molecule has 10 atom stereocenters. The number of carbonyl (C=O) groups is 2. The fourth-order valence-electron chi connectivity index (χ4n) is 3.69. The van der Waals surface area contributed by atoms with Crippen molar-refractivity contribution in [1.29, 1.82) is 0 Å². The second kappa shape index (κ2) is 12.9. The minimum atomic E-state index is -1.51. The van der Waals surface area contributed by atoms with Crippen molar-refractivity contribution in [2.45, 2.75) is 81.6 Å². The molecule has 2 saturated heterocycles. The third-order valence-corrected chi connectivity index (χ3v) is 5.38. The van der Waals surface area contributed by atoms with Crippen LogP contribution in [0.2, 0.25) is 0 Å². The number of rotatable bonds is 10. The van der Waals surface area contributed by atoms with Crippen LogP contribution in [0, 0.1) is 0 Å². The number of aliphatic hydroxyl groups is 5. The number of nitrogens with one attached hydrogen (secondary N) is 2. The van der Waals surface area contributed by atoms with Gasteiger partial charge in [0.05, 0.1) is 19.8 Å². The van der Waals surface area contributed by atoms with E-state index in [1.807, 2.05) is 0 Å². The number of carbonyl (C=O) groups excluding carboxylic acids is 2. The van der Waals surface area contributed by atoms with E-state index in [2.05, 4.69) is 10.6 Å². The first kappa shape index (κ1) is 27.8. The van der Waals surface area contributed by atoms with Crippen molar-refractivity contribution in [3.63, 3.8) is 0 Å². The third-order valence-electron chi connectivity index (χ3n) is 5.38. The second-order valence-electron chi connectivity index (χ2n) is 8.03. The average Bonchev–Trinajstić information content (AvgIpc) is 2.76. The van der Waals surface area contributed by atoms with Crippen LogP contribution in [-0.4, -0.2) is 125 Å². The van der Waals surface area contributed by atoms with E-state index < -0.39 is 79.7 Å². The van der Waals surface area contributed by atoms with Gasteiger partial charge in [0, 0.05) is 13.8 Å². The topological polar surface area (TPSA) is 222 Å². The standard InChI is InChI=1S/C19H35N3O11/c1-8(24)21-12-17(29)15(27)11(33-18(12)30-5-3-4-20)7-31-19-13(22-9(2)25)16(28)14(26)10(6-23)32-19/h10-19,23,26-29H,3-7,20H2,1-2H3,(H,21,24)(H,22,25)/t10-,11-,12-,13-,14-,15+,16-,17-,18+,19-/m1/s1. The Morgan fingerprint density at radius 2 is 1.33 bits per heavy atom. The van der Waals surface area contributed by atoms with Gasteiger partial charge in [0.1, 0.15) is 48.7 Å². The highest BCUT2D eigenvalue weighted by molar-refractivity contribution is 5.73. The van der Waals surface area contributed by atoms with Crippen molar-refractivity contribution in [2.75, 3.05) is 26.4 Å². The molecule has 2 aliphatic heterocycles. The molecule has 14 heteroatoms. The molecule has 0 bridgehead atoms. The molecule has 0 spiro atoms. The second-order valence-corrected chi connectivity index (χ2v) is 8.03. The molecule has 0 saturated carbocycles. The SMILES string of the molecule is CC(=O)N[C@H]1[C@@H](OCCCN)O[C@H](CO[C@@H]2O[C@H](CO)[C@@H](O)[C@H](O)[C@H]2NC(C)=O)[C@H](O)[C@@H]1O. The maximum absolute atomic E-state index is 11.5. The summed E-state index contributed by atoms with van der Waals surface area (Å²) in [5.74, 6) is -0.991. The highest BCUT2D eigenvalue weighted by atomic mass is 16.7. The Morgan fingerprint density at radius 3 is 1.82 bits per heavy atom. The summed E-state index contributed by atoms with van der Waals surface area (Å²) in [5, 5.41) is 55.8. The first-order chi connectivity index (χ1) is 15.6. The molecule has 9 N–H and O–H groups in total. The zero-order valence-corrected chi connectivity index (χ0v) is 18.6. The smallest absolute Gasteiger partial charge is 0.217 e. The van der Waals surface area contributed by atoms with Gasteiger partial charge in [-0.2, -0.15) is 0 Å². The van der Waals surface area contributed by atoms with Crippen molar-refractivity contribution in [1.82, 2.24) is 10.6 Å². The van der Waals surface area contributed by atoms with Crippen LogP contribution in [0.3, 0.4) is 0 Å². The Bertz CT molecular complexity index is 642. The summed E-state index contributed by atoms with van der Waals surface area (Å²) < 4.78 is 22.4. The Labute approximate surface area is 190 Å². The van der Waals surface area contributed by atoms with Gasteiger partial charge in [-0.25, -0.2) is 0 Å². The van der Waals surface area contributed by atoms with Crippen LogP contribution in [0.5, 0.6) is 0 Å². The number of nitrogens with two attached hydrogens (primary N) is 1. The molecule has 192 valence electrons. The quantitative estimate of drug-likeness (QED) is 0.138. The molecule has 2 heterocycles. The lowest BCUT2D eigenvalue weighted by Gasteiger charge is -2.45. The largest absolute Gasteiger partial charge is 0.394 e. The summed E-state index contributed by atoms with van der Waals surface area (Å²) in [5.41, 5.74) is 5.46. The molecule has 0 aliphatic carbocycles. The van der Waals surface area contributed by atoms with Gasteiger partial charge in [0.25, 0.3) is 0 Å². The fraction of sp³-hybridized carbons (Fsp3) is 0.895. The van der Waals surface area contributed by atoms with Gasteiger partial charge in [-0.15, -0.1) is 0 Å². The van der Waals surface area contributed by atoms with Crippen molar-refractivity contribution in [2.24, 2.45) is 5.73 Å². The van der Waals surface area contributed by atoms with Crippen molar-refractivity contribution in [3.05, 3.63) is 0 Å². The Balaban J connectivity index is 2.11. The van der Waals surface area contributed by atoms with Crippen molar-refractivity contribution < 1.29 is 54.1 Å². The summed E-state index contributed by atoms with van der Waals surface area (Å²) in [6.07, 6.45) is -10.2. The zero-order valence-electron chi connectivity index (χ0n) is 18.6. The lowest BCUT2D eigenvalue weighted by molar-refractivity contribution is -0.303. The van der Waals surface area contributed by atoms with Gasteiger partial charge >= 0.3 is 0 Å². The summed E-state index contributed by atoms with van der Waals surface area (Å²) in [6, 6.07) is -2.24. The molecule has 33 heavy (non-hydrogen) atoms. The minimum absolute atomic E-state index is 0.173. The number of hydrogen-bond donors (Lipinski definition) is 8. The van der Waals surface area contributed by atoms with Crippen LogP contribution < -0.4 is 16.4 Å². The fourth-order valence-corrected chi connectivity index (χ4v) is 3.69. The summed E-state index contributed by atoms with van der Waals surface area (Å²) >= 11 is 0. The molecule has 14 nitrogen and oxygen atoms in total. The molecule has 2 aliphatic rings. The van der Waals surface area contributed by atoms with E-state index in [1.165, 1.54) is 13.8 Å². The lowest BCUT2D eigenvalue weighted by atomic mass is 9.96. The molecule has 0 aromatic rings. The Hall–Kier alpha value is -1.46. The molecule has 2 fully saturated rings. The van der Waals surface area contributed by atoms with Crippen LogP contribution >= 0.6 is 0 Å². The van der Waals surface area contributed by atoms with Crippen LogP contribution in [0.25, 0.3) is 0 Å². The van der Waals surface area contributed by atoms with E-state index in [-0.39, 0.29) is 13.2 Å². The Kier molecular flexibility index (Phi) is 10.8. The maximum Gasteiger partial charge on any atom is 0.217 e. The highest BCUT2D eigenvalue weighted by Crippen LogP contribution is 2.26. The number of amides is 2. The first-order valence-corrected chi connectivity index (χ1v) is 10.7. The van der Waals surface area contributed by atoms with Gasteiger partial charge in [-0.05, 0) is 13.0 Å². The van der Waals surface area contributed by atoms with Crippen LogP contribution in [0.4, 0.5) is 0 Å². The van der Waals surface area contributed by atoms with E-state index in [0.717, 1.165) is 0 Å².